The fourth-order valence-electron chi connectivity index (χ4n) is 1.81. The summed E-state index contributed by atoms with van der Waals surface area (Å²) in [5, 5.41) is 3.28. The molecule has 0 saturated heterocycles. The summed E-state index contributed by atoms with van der Waals surface area (Å²) in [6.07, 6.45) is 1.42. The fourth-order valence-corrected chi connectivity index (χ4v) is 2.08. The summed E-state index contributed by atoms with van der Waals surface area (Å²) >= 11 is 3.42. The van der Waals surface area contributed by atoms with Gasteiger partial charge in [0.1, 0.15) is 6.33 Å². The highest BCUT2D eigenvalue weighted by molar-refractivity contribution is 9.10. The Kier molecular flexibility index (Phi) is 4.75. The number of rotatable bonds is 5. The number of anilines is 2. The second kappa shape index (κ2) is 6.53. The van der Waals surface area contributed by atoms with Gasteiger partial charge in [-0.1, -0.05) is 28.1 Å². The summed E-state index contributed by atoms with van der Waals surface area (Å²) < 4.78 is 6.33. The second-order valence-corrected chi connectivity index (χ2v) is 5.08. The Balaban J connectivity index is 2.23. The maximum Gasteiger partial charge on any atom is 0.205 e. The van der Waals surface area contributed by atoms with Crippen molar-refractivity contribution in [2.24, 2.45) is 5.84 Å². The molecule has 1 unspecified atom stereocenters. The van der Waals surface area contributed by atoms with Crippen LogP contribution in [-0.2, 0) is 0 Å². The molecule has 0 aliphatic heterocycles. The van der Waals surface area contributed by atoms with E-state index in [2.05, 4.69) is 36.6 Å². The van der Waals surface area contributed by atoms with Gasteiger partial charge in [-0.05, 0) is 24.6 Å². The number of benzene rings is 1. The van der Waals surface area contributed by atoms with Crippen molar-refractivity contribution in [2.75, 3.05) is 17.9 Å². The van der Waals surface area contributed by atoms with Crippen LogP contribution in [0.15, 0.2) is 35.1 Å². The predicted octanol–water partition coefficient (Wildman–Crippen LogP) is 2.71. The Morgan fingerprint density at radius 1 is 1.20 bits per heavy atom. The van der Waals surface area contributed by atoms with Crippen LogP contribution in [0.5, 0.6) is 5.75 Å². The number of nitrogens with zero attached hydrogens (tertiary/aromatic N) is 2. The maximum atomic E-state index is 5.40. The smallest absolute Gasteiger partial charge is 0.205 e. The lowest BCUT2D eigenvalue weighted by molar-refractivity contribution is 0.414. The number of aromatic nitrogens is 2. The molecule has 0 aliphatic rings. The van der Waals surface area contributed by atoms with E-state index in [1.807, 2.05) is 31.2 Å². The molecule has 6 nitrogen and oxygen atoms in total. The van der Waals surface area contributed by atoms with Gasteiger partial charge in [-0.15, -0.1) is 0 Å². The van der Waals surface area contributed by atoms with Crippen molar-refractivity contribution < 1.29 is 4.74 Å². The van der Waals surface area contributed by atoms with E-state index in [0.29, 0.717) is 17.4 Å². The molecule has 1 aromatic heterocycles. The molecule has 0 bridgehead atoms. The molecular formula is C13H16BrN5O. The molecular weight excluding hydrogens is 322 g/mol. The van der Waals surface area contributed by atoms with Crippen molar-refractivity contribution in [3.8, 4) is 5.75 Å². The van der Waals surface area contributed by atoms with Crippen LogP contribution in [0.25, 0.3) is 0 Å². The van der Waals surface area contributed by atoms with E-state index in [4.69, 9.17) is 10.6 Å². The number of hydrazine groups is 1. The van der Waals surface area contributed by atoms with Gasteiger partial charge < -0.3 is 15.5 Å². The molecule has 4 N–H and O–H groups in total. The molecule has 20 heavy (non-hydrogen) atoms. The largest absolute Gasteiger partial charge is 0.490 e. The number of hydrogen-bond acceptors (Lipinski definition) is 6. The lowest BCUT2D eigenvalue weighted by Crippen LogP contribution is -2.14. The van der Waals surface area contributed by atoms with Crippen LogP contribution >= 0.6 is 15.9 Å². The summed E-state index contributed by atoms with van der Waals surface area (Å²) in [4.78, 5) is 8.19. The number of methoxy groups -OCH3 is 1. The molecule has 0 fully saturated rings. The van der Waals surface area contributed by atoms with E-state index >= 15 is 0 Å². The van der Waals surface area contributed by atoms with Gasteiger partial charge in [0.05, 0.1) is 13.2 Å². The summed E-state index contributed by atoms with van der Waals surface area (Å²) in [5.74, 6) is 6.91. The molecule has 1 atom stereocenters. The number of ether oxygens (including phenoxy) is 1. The molecule has 0 spiro atoms. The van der Waals surface area contributed by atoms with Crippen molar-refractivity contribution in [3.63, 3.8) is 0 Å². The molecule has 7 heteroatoms. The van der Waals surface area contributed by atoms with Gasteiger partial charge in [0.15, 0.2) is 11.6 Å². The standard InChI is InChI=1S/C13H16BrN5O/c1-8(9-3-5-10(14)6-4-9)18-12-11(20-2)13(19-15)17-7-16-12/h3-8H,15H2,1-2H3,(H2,16,17,18,19). The summed E-state index contributed by atoms with van der Waals surface area (Å²) in [6.45, 7) is 2.04. The number of nitrogen functional groups attached to an aromatic ring is 1. The number of nitrogens with two attached hydrogens (primary N) is 1. The number of hydrogen-bond donors (Lipinski definition) is 3. The average Bonchev–Trinajstić information content (AvgIpc) is 2.47. The zero-order valence-corrected chi connectivity index (χ0v) is 12.8. The van der Waals surface area contributed by atoms with E-state index in [1.165, 1.54) is 6.33 Å². The van der Waals surface area contributed by atoms with Gasteiger partial charge in [-0.3, -0.25) is 0 Å². The summed E-state index contributed by atoms with van der Waals surface area (Å²) in [7, 11) is 1.55. The minimum Gasteiger partial charge on any atom is -0.490 e. The molecule has 0 aliphatic carbocycles. The molecule has 1 aromatic carbocycles. The molecule has 0 saturated carbocycles. The fraction of sp³-hybridized carbons (Fsp3) is 0.231. The number of nitrogens with one attached hydrogen (secondary N) is 2. The van der Waals surface area contributed by atoms with Crippen LogP contribution < -0.4 is 21.3 Å². The first-order chi connectivity index (χ1) is 9.65. The molecule has 1 heterocycles. The maximum absolute atomic E-state index is 5.40. The van der Waals surface area contributed by atoms with Crippen LogP contribution in [0.2, 0.25) is 0 Å². The summed E-state index contributed by atoms with van der Waals surface area (Å²) in [6, 6.07) is 8.14. The molecule has 0 radical (unpaired) electrons. The zero-order chi connectivity index (χ0) is 14.5. The number of halogens is 1. The first kappa shape index (κ1) is 14.5. The van der Waals surface area contributed by atoms with E-state index < -0.39 is 0 Å². The highest BCUT2D eigenvalue weighted by atomic mass is 79.9. The van der Waals surface area contributed by atoms with Crippen LogP contribution in [0.1, 0.15) is 18.5 Å². The quantitative estimate of drug-likeness (QED) is 0.574. The van der Waals surface area contributed by atoms with Crippen molar-refractivity contribution in [1.82, 2.24) is 9.97 Å². The Labute approximate surface area is 125 Å². The SMILES string of the molecule is COc1c(NN)ncnc1NC(C)c1ccc(Br)cc1. The second-order valence-electron chi connectivity index (χ2n) is 4.17. The monoisotopic (exact) mass is 337 g/mol. The highest BCUT2D eigenvalue weighted by Crippen LogP contribution is 2.31. The predicted molar refractivity (Wildman–Crippen MR) is 82.6 cm³/mol. The van der Waals surface area contributed by atoms with Gasteiger partial charge >= 0.3 is 0 Å². The Morgan fingerprint density at radius 2 is 1.85 bits per heavy atom. The first-order valence-electron chi connectivity index (χ1n) is 6.03. The van der Waals surface area contributed by atoms with Crippen molar-refractivity contribution in [1.29, 1.82) is 0 Å². The third kappa shape index (κ3) is 3.17. The molecule has 2 rings (SSSR count). The molecule has 0 amide bonds. The Hall–Kier alpha value is -1.86. The van der Waals surface area contributed by atoms with E-state index in [1.54, 1.807) is 7.11 Å². The van der Waals surface area contributed by atoms with E-state index in [0.717, 1.165) is 10.0 Å². The van der Waals surface area contributed by atoms with Crippen LogP contribution in [0.4, 0.5) is 11.6 Å². The van der Waals surface area contributed by atoms with Gasteiger partial charge in [0.25, 0.3) is 0 Å². The average molecular weight is 338 g/mol. The normalized spacial score (nSPS) is 11.8. The third-order valence-electron chi connectivity index (χ3n) is 2.87. The molecule has 106 valence electrons. The van der Waals surface area contributed by atoms with Crippen molar-refractivity contribution in [3.05, 3.63) is 40.6 Å². The lowest BCUT2D eigenvalue weighted by atomic mass is 10.1. The van der Waals surface area contributed by atoms with E-state index in [9.17, 15) is 0 Å². The van der Waals surface area contributed by atoms with Crippen LogP contribution in [-0.4, -0.2) is 17.1 Å². The van der Waals surface area contributed by atoms with Gasteiger partial charge in [-0.2, -0.15) is 0 Å². The molecule has 2 aromatic rings. The van der Waals surface area contributed by atoms with Gasteiger partial charge in [0.2, 0.25) is 5.75 Å². The van der Waals surface area contributed by atoms with Crippen molar-refractivity contribution in [2.45, 2.75) is 13.0 Å². The Bertz CT molecular complexity index is 575. The topological polar surface area (TPSA) is 85.1 Å². The van der Waals surface area contributed by atoms with Crippen LogP contribution in [0.3, 0.4) is 0 Å². The minimum atomic E-state index is 0.0672. The van der Waals surface area contributed by atoms with Gasteiger partial charge in [0, 0.05) is 4.47 Å². The summed E-state index contributed by atoms with van der Waals surface area (Å²) in [5.41, 5.74) is 3.62. The van der Waals surface area contributed by atoms with Crippen molar-refractivity contribution >= 4 is 27.6 Å². The van der Waals surface area contributed by atoms with Gasteiger partial charge in [-0.25, -0.2) is 15.8 Å². The van der Waals surface area contributed by atoms with Crippen LogP contribution in [0, 0.1) is 0 Å². The lowest BCUT2D eigenvalue weighted by Gasteiger charge is -2.18. The first-order valence-corrected chi connectivity index (χ1v) is 6.82. The zero-order valence-electron chi connectivity index (χ0n) is 11.2. The minimum absolute atomic E-state index is 0.0672. The van der Waals surface area contributed by atoms with E-state index in [-0.39, 0.29) is 6.04 Å². The Morgan fingerprint density at radius 3 is 2.45 bits per heavy atom. The highest BCUT2D eigenvalue weighted by Gasteiger charge is 2.14. The third-order valence-corrected chi connectivity index (χ3v) is 3.40.